The third-order valence-electron chi connectivity index (χ3n) is 3.44. The highest BCUT2D eigenvalue weighted by Crippen LogP contribution is 2.09. The minimum Gasteiger partial charge on any atom is -0.480 e. The number of halogens is 1. The number of amides is 1. The molecule has 1 unspecified atom stereocenters. The van der Waals surface area contributed by atoms with Crippen molar-refractivity contribution in [3.63, 3.8) is 0 Å². The van der Waals surface area contributed by atoms with Gasteiger partial charge in [0.1, 0.15) is 17.9 Å². The first-order chi connectivity index (χ1) is 9.97. The lowest BCUT2D eigenvalue weighted by Crippen LogP contribution is -2.52. The Balaban J connectivity index is 2.00. The quantitative estimate of drug-likeness (QED) is 0.596. The van der Waals surface area contributed by atoms with Crippen LogP contribution < -0.4 is 10.6 Å². The molecule has 1 aliphatic heterocycles. The number of nitrogens with one attached hydrogen (secondary N) is 2. The summed E-state index contributed by atoms with van der Waals surface area (Å²) in [6.07, 6.45) is -0.317. The molecule has 1 fully saturated rings. The fourth-order valence-corrected chi connectivity index (χ4v) is 2.27. The first-order valence-electron chi connectivity index (χ1n) is 6.66. The highest BCUT2D eigenvalue weighted by molar-refractivity contribution is 5.87. The summed E-state index contributed by atoms with van der Waals surface area (Å²) >= 11 is 0. The van der Waals surface area contributed by atoms with Gasteiger partial charge in [0.05, 0.1) is 6.10 Å². The van der Waals surface area contributed by atoms with Gasteiger partial charge < -0.3 is 20.8 Å². The Bertz CT molecular complexity index is 520. The van der Waals surface area contributed by atoms with Gasteiger partial charge in [0.15, 0.2) is 0 Å². The van der Waals surface area contributed by atoms with Gasteiger partial charge in [0, 0.05) is 6.42 Å². The van der Waals surface area contributed by atoms with E-state index < -0.39 is 35.9 Å². The van der Waals surface area contributed by atoms with Crippen LogP contribution in [-0.2, 0) is 16.0 Å². The highest BCUT2D eigenvalue weighted by atomic mass is 19.1. The van der Waals surface area contributed by atoms with E-state index in [1.54, 1.807) is 0 Å². The van der Waals surface area contributed by atoms with Crippen LogP contribution in [0.5, 0.6) is 0 Å². The summed E-state index contributed by atoms with van der Waals surface area (Å²) in [6.45, 7) is 0.509. The Hall–Kier alpha value is -1.99. The van der Waals surface area contributed by atoms with E-state index in [0.717, 1.165) is 0 Å². The predicted molar refractivity (Wildman–Crippen MR) is 72.1 cm³/mol. The molecule has 0 spiro atoms. The van der Waals surface area contributed by atoms with Crippen molar-refractivity contribution in [1.29, 1.82) is 0 Å². The van der Waals surface area contributed by atoms with Gasteiger partial charge in [0.25, 0.3) is 0 Å². The molecule has 1 aromatic rings. The summed E-state index contributed by atoms with van der Waals surface area (Å²) in [5, 5.41) is 24.0. The zero-order valence-corrected chi connectivity index (χ0v) is 11.3. The van der Waals surface area contributed by atoms with E-state index in [9.17, 15) is 24.2 Å². The third kappa shape index (κ3) is 3.99. The first-order valence-corrected chi connectivity index (χ1v) is 6.66. The molecule has 7 heteroatoms. The minimum atomic E-state index is -1.18. The molecule has 0 saturated carbocycles. The summed E-state index contributed by atoms with van der Waals surface area (Å²) < 4.78 is 12.8. The van der Waals surface area contributed by atoms with E-state index >= 15 is 0 Å². The number of hydrogen-bond donors (Lipinski definition) is 4. The lowest BCUT2D eigenvalue weighted by molar-refractivity contribution is -0.142. The van der Waals surface area contributed by atoms with Crippen molar-refractivity contribution in [2.45, 2.75) is 31.0 Å². The Morgan fingerprint density at radius 3 is 2.57 bits per heavy atom. The van der Waals surface area contributed by atoms with E-state index in [1.807, 2.05) is 0 Å². The number of aliphatic hydroxyl groups is 1. The van der Waals surface area contributed by atoms with Crippen molar-refractivity contribution in [3.8, 4) is 0 Å². The minimum absolute atomic E-state index is 0.0458. The smallest absolute Gasteiger partial charge is 0.326 e. The van der Waals surface area contributed by atoms with E-state index in [-0.39, 0.29) is 6.42 Å². The van der Waals surface area contributed by atoms with E-state index in [1.165, 1.54) is 24.3 Å². The molecular formula is C14H17FN2O4. The average molecular weight is 296 g/mol. The molecule has 3 atom stereocenters. The first kappa shape index (κ1) is 15.4. The molecule has 1 aliphatic rings. The number of hydrogen-bond acceptors (Lipinski definition) is 4. The molecular weight excluding hydrogens is 279 g/mol. The molecule has 0 aromatic heterocycles. The zero-order chi connectivity index (χ0) is 15.4. The number of rotatable bonds is 5. The molecule has 114 valence electrons. The van der Waals surface area contributed by atoms with Gasteiger partial charge in [-0.25, -0.2) is 9.18 Å². The topological polar surface area (TPSA) is 98.7 Å². The number of carboxylic acids is 1. The van der Waals surface area contributed by atoms with Crippen LogP contribution in [-0.4, -0.2) is 46.8 Å². The van der Waals surface area contributed by atoms with Crippen molar-refractivity contribution < 1.29 is 24.2 Å². The standard InChI is InChI=1S/C14H17FN2O4/c15-9-3-1-8(2-4-9)7-10(14(20)21)17-13(19)12-11(18)5-6-16-12/h1-4,10-12,16,18H,5-7H2,(H,17,19)(H,20,21)/t10-,11?,12-/m0/s1. The second-order valence-electron chi connectivity index (χ2n) is 5.02. The van der Waals surface area contributed by atoms with Crippen LogP contribution in [0.15, 0.2) is 24.3 Å². The van der Waals surface area contributed by atoms with Crippen LogP contribution in [0, 0.1) is 5.82 Å². The van der Waals surface area contributed by atoms with Gasteiger partial charge in [-0.3, -0.25) is 4.79 Å². The third-order valence-corrected chi connectivity index (χ3v) is 3.44. The number of aliphatic hydroxyl groups excluding tert-OH is 1. The van der Waals surface area contributed by atoms with Crippen LogP contribution in [0.3, 0.4) is 0 Å². The maximum atomic E-state index is 12.8. The number of aliphatic carboxylic acids is 1. The number of benzene rings is 1. The summed E-state index contributed by atoms with van der Waals surface area (Å²) in [7, 11) is 0. The molecule has 0 radical (unpaired) electrons. The zero-order valence-electron chi connectivity index (χ0n) is 11.3. The maximum absolute atomic E-state index is 12.8. The van der Waals surface area contributed by atoms with Gasteiger partial charge in [-0.1, -0.05) is 12.1 Å². The van der Waals surface area contributed by atoms with E-state index in [4.69, 9.17) is 0 Å². The second-order valence-corrected chi connectivity index (χ2v) is 5.02. The maximum Gasteiger partial charge on any atom is 0.326 e. The fraction of sp³-hybridized carbons (Fsp3) is 0.429. The van der Waals surface area contributed by atoms with Gasteiger partial charge in [-0.15, -0.1) is 0 Å². The molecule has 21 heavy (non-hydrogen) atoms. The molecule has 0 aliphatic carbocycles. The summed E-state index contributed by atoms with van der Waals surface area (Å²) in [5.74, 6) is -2.14. The monoisotopic (exact) mass is 296 g/mol. The number of carbonyl (C=O) groups excluding carboxylic acids is 1. The van der Waals surface area contributed by atoms with Crippen molar-refractivity contribution in [2.75, 3.05) is 6.54 Å². The summed E-state index contributed by atoms with van der Waals surface area (Å²) in [5.41, 5.74) is 0.601. The van der Waals surface area contributed by atoms with Gasteiger partial charge in [-0.05, 0) is 30.7 Å². The van der Waals surface area contributed by atoms with Crippen LogP contribution in [0.4, 0.5) is 4.39 Å². The average Bonchev–Trinajstić information content (AvgIpc) is 2.86. The molecule has 1 heterocycles. The van der Waals surface area contributed by atoms with Crippen molar-refractivity contribution in [2.24, 2.45) is 0 Å². The van der Waals surface area contributed by atoms with E-state index in [2.05, 4.69) is 10.6 Å². The molecule has 6 nitrogen and oxygen atoms in total. The number of carbonyl (C=O) groups is 2. The van der Waals surface area contributed by atoms with Crippen molar-refractivity contribution in [3.05, 3.63) is 35.6 Å². The Kier molecular flexibility index (Phi) is 4.87. The van der Waals surface area contributed by atoms with Gasteiger partial charge in [0.2, 0.25) is 5.91 Å². The van der Waals surface area contributed by atoms with Gasteiger partial charge in [-0.2, -0.15) is 0 Å². The Morgan fingerprint density at radius 1 is 1.38 bits per heavy atom. The largest absolute Gasteiger partial charge is 0.480 e. The lowest BCUT2D eigenvalue weighted by Gasteiger charge is -2.19. The van der Waals surface area contributed by atoms with Gasteiger partial charge >= 0.3 is 5.97 Å². The van der Waals surface area contributed by atoms with Crippen molar-refractivity contribution >= 4 is 11.9 Å². The van der Waals surface area contributed by atoms with E-state index in [0.29, 0.717) is 18.5 Å². The van der Waals surface area contributed by atoms with Crippen LogP contribution in [0.1, 0.15) is 12.0 Å². The van der Waals surface area contributed by atoms with Crippen LogP contribution in [0.25, 0.3) is 0 Å². The molecule has 1 aromatic carbocycles. The summed E-state index contributed by atoms with van der Waals surface area (Å²) in [6, 6.07) is 3.49. The normalized spacial score (nSPS) is 22.8. The molecule has 2 rings (SSSR count). The number of carboxylic acid groups (broad SMARTS) is 1. The molecule has 1 saturated heterocycles. The molecule has 0 bridgehead atoms. The van der Waals surface area contributed by atoms with Crippen LogP contribution >= 0.6 is 0 Å². The lowest BCUT2D eigenvalue weighted by atomic mass is 10.0. The predicted octanol–water partition coefficient (Wildman–Crippen LogP) is -0.340. The molecule has 4 N–H and O–H groups in total. The fourth-order valence-electron chi connectivity index (χ4n) is 2.27. The summed E-state index contributed by atoms with van der Waals surface area (Å²) in [4.78, 5) is 23.2. The SMILES string of the molecule is O=C(O)[C@H](Cc1ccc(F)cc1)NC(=O)[C@H]1NCCC1O. The van der Waals surface area contributed by atoms with Crippen LogP contribution in [0.2, 0.25) is 0 Å². The second kappa shape index (κ2) is 6.64. The highest BCUT2D eigenvalue weighted by Gasteiger charge is 2.33. The van der Waals surface area contributed by atoms with Crippen molar-refractivity contribution in [1.82, 2.24) is 10.6 Å². The Labute approximate surface area is 121 Å². The Morgan fingerprint density at radius 2 is 2.05 bits per heavy atom. The molecule has 1 amide bonds.